The molecule has 0 spiro atoms. The summed E-state index contributed by atoms with van der Waals surface area (Å²) in [6.07, 6.45) is 3.99. The Morgan fingerprint density at radius 3 is 2.74 bits per heavy atom. The summed E-state index contributed by atoms with van der Waals surface area (Å²) in [7, 11) is 4.12. The predicted molar refractivity (Wildman–Crippen MR) is 92.0 cm³/mol. The van der Waals surface area contributed by atoms with Crippen LogP contribution < -0.4 is 10.1 Å². The lowest BCUT2D eigenvalue weighted by Crippen LogP contribution is -2.37. The van der Waals surface area contributed by atoms with Crippen molar-refractivity contribution in [1.29, 1.82) is 0 Å². The van der Waals surface area contributed by atoms with Gasteiger partial charge in [0, 0.05) is 12.5 Å². The fourth-order valence-corrected chi connectivity index (χ4v) is 3.13. The van der Waals surface area contributed by atoms with Crippen LogP contribution in [0.1, 0.15) is 32.6 Å². The molecule has 2 unspecified atom stereocenters. The monoisotopic (exact) mass is 320 g/mol. The number of benzene rings is 1. The van der Waals surface area contributed by atoms with E-state index in [1.165, 1.54) is 6.42 Å². The number of nitrogens with zero attached hydrogens (tertiary/aromatic N) is 1. The van der Waals surface area contributed by atoms with Gasteiger partial charge in [0.15, 0.2) is 0 Å². The smallest absolute Gasteiger partial charge is 0.412 e. The van der Waals surface area contributed by atoms with Crippen LogP contribution >= 0.6 is 0 Å². The lowest BCUT2D eigenvalue weighted by Gasteiger charge is -2.32. The van der Waals surface area contributed by atoms with Crippen molar-refractivity contribution in [3.63, 3.8) is 0 Å². The van der Waals surface area contributed by atoms with Gasteiger partial charge in [-0.15, -0.1) is 0 Å². The summed E-state index contributed by atoms with van der Waals surface area (Å²) in [5.41, 5.74) is 0.652. The van der Waals surface area contributed by atoms with Crippen LogP contribution in [0, 0.1) is 5.92 Å². The molecule has 0 radical (unpaired) electrons. The van der Waals surface area contributed by atoms with Crippen LogP contribution in [0.2, 0.25) is 0 Å². The van der Waals surface area contributed by atoms with Gasteiger partial charge in [-0.3, -0.25) is 5.32 Å². The number of nitrogens with one attached hydrogen (secondary N) is 1. The minimum Gasteiger partial charge on any atom is -0.492 e. The maximum atomic E-state index is 12.3. The molecule has 2 rings (SSSR count). The fraction of sp³-hybridized carbons (Fsp3) is 0.611. The van der Waals surface area contributed by atoms with Crippen molar-refractivity contribution in [2.75, 3.05) is 32.6 Å². The largest absolute Gasteiger partial charge is 0.492 e. The van der Waals surface area contributed by atoms with E-state index in [0.29, 0.717) is 24.0 Å². The van der Waals surface area contributed by atoms with Crippen molar-refractivity contribution in [3.8, 4) is 5.75 Å². The molecule has 0 aliphatic heterocycles. The van der Waals surface area contributed by atoms with Gasteiger partial charge in [-0.2, -0.15) is 0 Å². The summed E-state index contributed by atoms with van der Waals surface area (Å²) >= 11 is 0. The molecule has 0 heterocycles. The molecule has 1 fully saturated rings. The molecule has 2 atom stereocenters. The number of rotatable bonds is 6. The number of carbonyl (C=O) groups excluding carboxylic acids is 1. The quantitative estimate of drug-likeness (QED) is 0.867. The molecule has 0 saturated heterocycles. The summed E-state index contributed by atoms with van der Waals surface area (Å²) in [5.74, 6) is 1.08. The number of hydrogen-bond donors (Lipinski definition) is 1. The number of hydrogen-bond acceptors (Lipinski definition) is 4. The van der Waals surface area contributed by atoms with Crippen LogP contribution in [-0.4, -0.2) is 44.3 Å². The number of ether oxygens (including phenoxy) is 2. The average molecular weight is 320 g/mol. The second-order valence-corrected chi connectivity index (χ2v) is 6.30. The Bertz CT molecular complexity index is 505. The first-order valence-electron chi connectivity index (χ1n) is 8.44. The van der Waals surface area contributed by atoms with Crippen molar-refractivity contribution < 1.29 is 14.3 Å². The standard InChI is InChI=1S/C18H28N2O3/c1-4-22-17-12-8-6-10-15(17)19-18(21)23-16-11-7-5-9-14(16)13-20(2)3/h6,8,10,12,14,16H,4-5,7,9,11,13H2,1-3H3,(H,19,21). The topological polar surface area (TPSA) is 50.8 Å². The Labute approximate surface area is 139 Å². The summed E-state index contributed by atoms with van der Waals surface area (Å²) in [6.45, 7) is 3.43. The van der Waals surface area contributed by atoms with E-state index in [4.69, 9.17) is 9.47 Å². The third-order valence-corrected chi connectivity index (χ3v) is 4.12. The molecule has 1 aromatic carbocycles. The van der Waals surface area contributed by atoms with Gasteiger partial charge in [0.25, 0.3) is 0 Å². The van der Waals surface area contributed by atoms with Gasteiger partial charge in [-0.05, 0) is 52.4 Å². The molecule has 1 aliphatic rings. The highest BCUT2D eigenvalue weighted by atomic mass is 16.6. The Morgan fingerprint density at radius 1 is 1.26 bits per heavy atom. The van der Waals surface area contributed by atoms with E-state index in [9.17, 15) is 4.79 Å². The van der Waals surface area contributed by atoms with Crippen LogP contribution in [0.4, 0.5) is 10.5 Å². The zero-order valence-electron chi connectivity index (χ0n) is 14.4. The lowest BCUT2D eigenvalue weighted by atomic mass is 9.86. The normalized spacial score (nSPS) is 21.0. The van der Waals surface area contributed by atoms with E-state index in [2.05, 4.69) is 24.3 Å². The molecule has 5 heteroatoms. The van der Waals surface area contributed by atoms with Gasteiger partial charge in [0.1, 0.15) is 11.9 Å². The van der Waals surface area contributed by atoms with E-state index in [0.717, 1.165) is 25.8 Å². The zero-order valence-corrected chi connectivity index (χ0v) is 14.4. The molecule has 1 aromatic rings. The highest BCUT2D eigenvalue weighted by Crippen LogP contribution is 2.29. The summed E-state index contributed by atoms with van der Waals surface area (Å²) < 4.78 is 11.2. The minimum atomic E-state index is -0.396. The maximum absolute atomic E-state index is 12.3. The van der Waals surface area contributed by atoms with Crippen molar-refractivity contribution >= 4 is 11.8 Å². The molecular weight excluding hydrogens is 292 g/mol. The number of amides is 1. The highest BCUT2D eigenvalue weighted by Gasteiger charge is 2.28. The molecule has 1 N–H and O–H groups in total. The van der Waals surface area contributed by atoms with Crippen molar-refractivity contribution in [2.45, 2.75) is 38.7 Å². The average Bonchev–Trinajstić information content (AvgIpc) is 2.51. The Morgan fingerprint density at radius 2 is 2.00 bits per heavy atom. The first-order valence-corrected chi connectivity index (χ1v) is 8.44. The molecule has 0 aromatic heterocycles. The van der Waals surface area contributed by atoms with Gasteiger partial charge in [0.05, 0.1) is 12.3 Å². The van der Waals surface area contributed by atoms with Crippen LogP contribution in [0.5, 0.6) is 5.75 Å². The van der Waals surface area contributed by atoms with E-state index in [-0.39, 0.29) is 6.10 Å². The number of carbonyl (C=O) groups is 1. The minimum absolute atomic E-state index is 0.00888. The van der Waals surface area contributed by atoms with E-state index in [1.807, 2.05) is 31.2 Å². The molecule has 1 saturated carbocycles. The highest BCUT2D eigenvalue weighted by molar-refractivity contribution is 5.86. The van der Waals surface area contributed by atoms with E-state index < -0.39 is 6.09 Å². The summed E-state index contributed by atoms with van der Waals surface area (Å²) in [5, 5.41) is 2.82. The van der Waals surface area contributed by atoms with Crippen molar-refractivity contribution in [1.82, 2.24) is 4.90 Å². The number of anilines is 1. The van der Waals surface area contributed by atoms with E-state index in [1.54, 1.807) is 0 Å². The second kappa shape index (κ2) is 8.77. The Kier molecular flexibility index (Phi) is 6.71. The van der Waals surface area contributed by atoms with Gasteiger partial charge in [-0.1, -0.05) is 18.6 Å². The second-order valence-electron chi connectivity index (χ2n) is 6.30. The molecule has 23 heavy (non-hydrogen) atoms. The van der Waals surface area contributed by atoms with Gasteiger partial charge >= 0.3 is 6.09 Å². The molecule has 1 amide bonds. The predicted octanol–water partition coefficient (Wildman–Crippen LogP) is 3.75. The van der Waals surface area contributed by atoms with Gasteiger partial charge in [-0.25, -0.2) is 4.79 Å². The van der Waals surface area contributed by atoms with Crippen molar-refractivity contribution in [3.05, 3.63) is 24.3 Å². The zero-order chi connectivity index (χ0) is 16.7. The van der Waals surface area contributed by atoms with E-state index >= 15 is 0 Å². The molecular formula is C18H28N2O3. The molecule has 1 aliphatic carbocycles. The summed E-state index contributed by atoms with van der Waals surface area (Å²) in [4.78, 5) is 14.4. The maximum Gasteiger partial charge on any atom is 0.412 e. The number of para-hydroxylation sites is 2. The third kappa shape index (κ3) is 5.43. The first kappa shape index (κ1) is 17.6. The van der Waals surface area contributed by atoms with Crippen LogP contribution in [0.15, 0.2) is 24.3 Å². The molecule has 5 nitrogen and oxygen atoms in total. The molecule has 128 valence electrons. The SMILES string of the molecule is CCOc1ccccc1NC(=O)OC1CCCCC1CN(C)C. The fourth-order valence-electron chi connectivity index (χ4n) is 3.13. The van der Waals surface area contributed by atoms with Gasteiger partial charge in [0.2, 0.25) is 0 Å². The molecule has 0 bridgehead atoms. The van der Waals surface area contributed by atoms with Crippen molar-refractivity contribution in [2.24, 2.45) is 5.92 Å². The Balaban J connectivity index is 1.95. The van der Waals surface area contributed by atoms with Crippen LogP contribution in [-0.2, 0) is 4.74 Å². The Hall–Kier alpha value is -1.75. The third-order valence-electron chi connectivity index (χ3n) is 4.12. The van der Waals surface area contributed by atoms with Crippen LogP contribution in [0.25, 0.3) is 0 Å². The van der Waals surface area contributed by atoms with Crippen LogP contribution in [0.3, 0.4) is 0 Å². The first-order chi connectivity index (χ1) is 11.1. The van der Waals surface area contributed by atoms with Gasteiger partial charge < -0.3 is 14.4 Å². The lowest BCUT2D eigenvalue weighted by molar-refractivity contribution is 0.0357. The summed E-state index contributed by atoms with van der Waals surface area (Å²) in [6, 6.07) is 7.42.